The topological polar surface area (TPSA) is 57.0 Å². The van der Waals surface area contributed by atoms with Crippen LogP contribution in [0.25, 0.3) is 17.1 Å². The van der Waals surface area contributed by atoms with Crippen LogP contribution in [0.1, 0.15) is 30.4 Å². The van der Waals surface area contributed by atoms with Crippen molar-refractivity contribution in [3.05, 3.63) is 95.3 Å². The zero-order valence-corrected chi connectivity index (χ0v) is 20.0. The number of carbonyl (C=O) groups excluding carboxylic acids is 1. The summed E-state index contributed by atoms with van der Waals surface area (Å²) in [5, 5.41) is 5.04. The van der Waals surface area contributed by atoms with Gasteiger partial charge in [-0.05, 0) is 60.7 Å². The molecule has 0 aliphatic carbocycles. The van der Waals surface area contributed by atoms with Crippen molar-refractivity contribution in [2.45, 2.75) is 38.5 Å². The van der Waals surface area contributed by atoms with Crippen molar-refractivity contribution in [2.24, 2.45) is 0 Å². The van der Waals surface area contributed by atoms with E-state index in [-0.39, 0.29) is 11.5 Å². The van der Waals surface area contributed by atoms with Gasteiger partial charge in [-0.1, -0.05) is 54.1 Å². The Morgan fingerprint density at radius 3 is 2.36 bits per heavy atom. The van der Waals surface area contributed by atoms with Gasteiger partial charge in [0.15, 0.2) is 5.82 Å². The van der Waals surface area contributed by atoms with Gasteiger partial charge in [0.2, 0.25) is 0 Å². The third-order valence-corrected chi connectivity index (χ3v) is 5.92. The second-order valence-corrected chi connectivity index (χ2v) is 8.67. The van der Waals surface area contributed by atoms with Gasteiger partial charge in [0.1, 0.15) is 17.9 Å². The van der Waals surface area contributed by atoms with E-state index in [9.17, 15) is 18.0 Å². The van der Waals surface area contributed by atoms with Crippen LogP contribution < -0.4 is 4.74 Å². The summed E-state index contributed by atoms with van der Waals surface area (Å²) < 4.78 is 42.3. The van der Waals surface area contributed by atoms with E-state index in [2.05, 4.69) is 14.8 Å². The molecule has 0 spiro atoms. The number of alkyl halides is 3. The summed E-state index contributed by atoms with van der Waals surface area (Å²) in [6.45, 7) is 0. The molecule has 0 atom stereocenters. The molecule has 0 aliphatic rings. The Bertz CT molecular complexity index is 1300. The maximum atomic E-state index is 12.3. The number of aromatic nitrogens is 3. The zero-order valence-electron chi connectivity index (χ0n) is 19.2. The van der Waals surface area contributed by atoms with Crippen LogP contribution in [0.2, 0.25) is 5.02 Å². The van der Waals surface area contributed by atoms with Crippen molar-refractivity contribution in [3.63, 3.8) is 0 Å². The molecule has 9 heteroatoms. The van der Waals surface area contributed by atoms with Crippen LogP contribution in [0.15, 0.2) is 79.1 Å². The van der Waals surface area contributed by atoms with Crippen LogP contribution in [-0.4, -0.2) is 26.9 Å². The number of rotatable bonds is 10. The number of benzene rings is 3. The lowest BCUT2D eigenvalue weighted by atomic mass is 10.0. The Kier molecular flexibility index (Phi) is 8.05. The molecule has 0 aliphatic heterocycles. The summed E-state index contributed by atoms with van der Waals surface area (Å²) in [6, 6.07) is 20.7. The van der Waals surface area contributed by atoms with Crippen LogP contribution >= 0.6 is 11.6 Å². The fourth-order valence-corrected chi connectivity index (χ4v) is 3.94. The van der Waals surface area contributed by atoms with Gasteiger partial charge in [-0.15, -0.1) is 18.3 Å². The molecule has 0 radical (unpaired) electrons. The number of hydrogen-bond donors (Lipinski definition) is 0. The van der Waals surface area contributed by atoms with Gasteiger partial charge in [0, 0.05) is 23.4 Å². The van der Waals surface area contributed by atoms with Crippen molar-refractivity contribution < 1.29 is 22.7 Å². The minimum Gasteiger partial charge on any atom is -0.406 e. The number of nitrogens with zero attached hydrogens (tertiary/aromatic N) is 3. The van der Waals surface area contributed by atoms with Crippen molar-refractivity contribution in [2.75, 3.05) is 0 Å². The summed E-state index contributed by atoms with van der Waals surface area (Å²) in [5.41, 5.74) is 3.40. The normalized spacial score (nSPS) is 11.4. The van der Waals surface area contributed by atoms with Gasteiger partial charge in [0.25, 0.3) is 0 Å². The summed E-state index contributed by atoms with van der Waals surface area (Å²) in [7, 11) is 0. The predicted molar refractivity (Wildman–Crippen MR) is 131 cm³/mol. The first-order valence-electron chi connectivity index (χ1n) is 11.4. The number of halogens is 4. The van der Waals surface area contributed by atoms with Gasteiger partial charge in [0.05, 0.1) is 5.69 Å². The van der Waals surface area contributed by atoms with E-state index in [4.69, 9.17) is 11.6 Å². The summed E-state index contributed by atoms with van der Waals surface area (Å²) in [6.07, 6.45) is 0.213. The quantitative estimate of drug-likeness (QED) is 0.214. The molecule has 3 aromatic carbocycles. The Morgan fingerprint density at radius 2 is 1.67 bits per heavy atom. The average Bonchev–Trinajstić information content (AvgIpc) is 3.34. The lowest BCUT2D eigenvalue weighted by Crippen LogP contribution is -2.17. The molecule has 0 saturated carbocycles. The molecule has 0 bridgehead atoms. The Morgan fingerprint density at radius 1 is 0.944 bits per heavy atom. The highest BCUT2D eigenvalue weighted by atomic mass is 35.5. The number of Topliss-reactive ketones (excluding diaryl/α,β-unsaturated/α-hetero) is 1. The molecule has 186 valence electrons. The van der Waals surface area contributed by atoms with E-state index < -0.39 is 6.36 Å². The predicted octanol–water partition coefficient (Wildman–Crippen LogP) is 7.01. The van der Waals surface area contributed by atoms with Crippen molar-refractivity contribution in [3.8, 4) is 22.8 Å². The van der Waals surface area contributed by atoms with Gasteiger partial charge < -0.3 is 4.74 Å². The van der Waals surface area contributed by atoms with Crippen LogP contribution in [0, 0.1) is 0 Å². The Hall–Kier alpha value is -3.65. The molecular weight excluding hydrogens is 491 g/mol. The number of hydrogen-bond acceptors (Lipinski definition) is 4. The molecule has 1 heterocycles. The smallest absolute Gasteiger partial charge is 0.406 e. The number of aryl methyl sites for hydroxylation is 1. The third kappa shape index (κ3) is 7.18. The van der Waals surface area contributed by atoms with Crippen LogP contribution in [0.4, 0.5) is 13.2 Å². The number of ether oxygens (including phenoxy) is 1. The lowest BCUT2D eigenvalue weighted by Gasteiger charge is -2.09. The number of ketones is 1. The van der Waals surface area contributed by atoms with Gasteiger partial charge in [-0.25, -0.2) is 9.67 Å². The van der Waals surface area contributed by atoms with Gasteiger partial charge >= 0.3 is 6.36 Å². The standard InChI is InChI=1S/C27H23ClF3N3O2/c28-25-8-4-2-6-21(25)17-23(35)7-3-1-5-19-9-11-20(12-10-19)26-32-18-34(33-26)22-13-15-24(16-14-22)36-27(29,30)31/h2,4,6,8-16,18H,1,3,5,7,17H2. The number of unbranched alkanes of at least 4 members (excludes halogenated alkanes) is 1. The van der Waals surface area contributed by atoms with Gasteiger partial charge in [-0.3, -0.25) is 4.79 Å². The summed E-state index contributed by atoms with van der Waals surface area (Å²) in [5.74, 6) is 0.386. The second-order valence-electron chi connectivity index (χ2n) is 8.27. The molecule has 36 heavy (non-hydrogen) atoms. The SMILES string of the molecule is O=C(CCCCc1ccc(-c2ncn(-c3ccc(OC(F)(F)F)cc3)n2)cc1)Cc1ccccc1Cl. The van der Waals surface area contributed by atoms with E-state index in [1.165, 1.54) is 35.3 Å². The van der Waals surface area contributed by atoms with Crippen molar-refractivity contribution in [1.82, 2.24) is 14.8 Å². The first-order chi connectivity index (χ1) is 17.3. The van der Waals surface area contributed by atoms with Crippen LogP contribution in [-0.2, 0) is 17.6 Å². The van der Waals surface area contributed by atoms with E-state index in [0.29, 0.717) is 29.4 Å². The third-order valence-electron chi connectivity index (χ3n) is 5.56. The zero-order chi connectivity index (χ0) is 25.5. The average molecular weight is 514 g/mol. The van der Waals surface area contributed by atoms with E-state index in [1.807, 2.05) is 42.5 Å². The highest BCUT2D eigenvalue weighted by Gasteiger charge is 2.31. The minimum atomic E-state index is -4.73. The minimum absolute atomic E-state index is 0.183. The molecule has 0 amide bonds. The van der Waals surface area contributed by atoms with Crippen molar-refractivity contribution in [1.29, 1.82) is 0 Å². The molecule has 0 saturated heterocycles. The van der Waals surface area contributed by atoms with Gasteiger partial charge in [-0.2, -0.15) is 0 Å². The lowest BCUT2D eigenvalue weighted by molar-refractivity contribution is -0.274. The highest BCUT2D eigenvalue weighted by Crippen LogP contribution is 2.24. The first kappa shape index (κ1) is 25.4. The number of carbonyl (C=O) groups is 1. The largest absolute Gasteiger partial charge is 0.573 e. The molecule has 0 N–H and O–H groups in total. The molecule has 0 fully saturated rings. The highest BCUT2D eigenvalue weighted by molar-refractivity contribution is 6.31. The monoisotopic (exact) mass is 513 g/mol. The molecule has 1 aromatic heterocycles. The Balaban J connectivity index is 1.26. The van der Waals surface area contributed by atoms with Crippen LogP contribution in [0.5, 0.6) is 5.75 Å². The first-order valence-corrected chi connectivity index (χ1v) is 11.8. The molecular formula is C27H23ClF3N3O2. The molecule has 4 aromatic rings. The fraction of sp³-hybridized carbons (Fsp3) is 0.222. The maximum Gasteiger partial charge on any atom is 0.573 e. The Labute approximate surface area is 211 Å². The molecule has 5 nitrogen and oxygen atoms in total. The van der Waals surface area contributed by atoms with E-state index in [1.54, 1.807) is 6.07 Å². The maximum absolute atomic E-state index is 12.3. The van der Waals surface area contributed by atoms with Crippen LogP contribution in [0.3, 0.4) is 0 Å². The van der Waals surface area contributed by atoms with Crippen molar-refractivity contribution >= 4 is 17.4 Å². The van der Waals surface area contributed by atoms with E-state index in [0.717, 1.165) is 36.0 Å². The summed E-state index contributed by atoms with van der Waals surface area (Å²) >= 11 is 6.12. The summed E-state index contributed by atoms with van der Waals surface area (Å²) in [4.78, 5) is 16.5. The molecule has 4 rings (SSSR count). The molecule has 0 unspecified atom stereocenters. The van der Waals surface area contributed by atoms with E-state index >= 15 is 0 Å². The fourth-order valence-electron chi connectivity index (χ4n) is 3.73. The second kappa shape index (κ2) is 11.4.